The number of hydrogen-bond donors (Lipinski definition) is 0. The molecule has 66 valence electrons. The lowest BCUT2D eigenvalue weighted by Crippen LogP contribution is -2.31. The zero-order valence-electron chi connectivity index (χ0n) is 7.51. The molecule has 1 aliphatic heterocycles. The summed E-state index contributed by atoms with van der Waals surface area (Å²) in [7, 11) is 0. The minimum absolute atomic E-state index is 0.398. The van der Waals surface area contributed by atoms with E-state index in [0.29, 0.717) is 18.8 Å². The molecule has 0 bridgehead atoms. The van der Waals surface area contributed by atoms with Crippen LogP contribution in [-0.2, 0) is 9.47 Å². The number of unbranched alkanes of at least 4 members (excludes halogenated alkanes) is 1. The topological polar surface area (TPSA) is 18.5 Å². The van der Waals surface area contributed by atoms with Gasteiger partial charge in [-0.25, -0.2) is 0 Å². The van der Waals surface area contributed by atoms with E-state index >= 15 is 0 Å². The van der Waals surface area contributed by atoms with Gasteiger partial charge in [-0.15, -0.1) is 0 Å². The summed E-state index contributed by atoms with van der Waals surface area (Å²) in [5.41, 5.74) is 0. The zero-order chi connectivity index (χ0) is 8.10. The van der Waals surface area contributed by atoms with Crippen LogP contribution >= 0.6 is 0 Å². The first-order chi connectivity index (χ1) is 5.34. The lowest BCUT2D eigenvalue weighted by molar-refractivity contribution is -0.165. The molecule has 1 rings (SSSR count). The summed E-state index contributed by atoms with van der Waals surface area (Å²) in [6.45, 7) is 5.74. The third-order valence-corrected chi connectivity index (χ3v) is 2.34. The molecular weight excluding hydrogens is 140 g/mol. The molecule has 2 atom stereocenters. The molecule has 0 radical (unpaired) electrons. The Kier molecular flexibility index (Phi) is 3.87. The van der Waals surface area contributed by atoms with E-state index in [4.69, 9.17) is 9.47 Å². The van der Waals surface area contributed by atoms with Gasteiger partial charge in [-0.1, -0.05) is 19.8 Å². The Morgan fingerprint density at radius 2 is 2.27 bits per heavy atom. The summed E-state index contributed by atoms with van der Waals surface area (Å²) in [5, 5.41) is 0. The Labute approximate surface area is 68.9 Å². The van der Waals surface area contributed by atoms with Gasteiger partial charge in [-0.3, -0.25) is 0 Å². The van der Waals surface area contributed by atoms with Gasteiger partial charge in [0.05, 0.1) is 12.7 Å². The maximum Gasteiger partial charge on any atom is 0.147 e. The molecule has 1 heterocycles. The van der Waals surface area contributed by atoms with E-state index < -0.39 is 0 Å². The standard InChI is InChI=1S/C9H18O2/c1-3-4-5-9-6-10-7-11-8(9)2/h8-9H,3-7H2,1-2H3. The van der Waals surface area contributed by atoms with Crippen molar-refractivity contribution in [2.24, 2.45) is 5.92 Å². The third kappa shape index (κ3) is 2.80. The van der Waals surface area contributed by atoms with Gasteiger partial charge in [0.15, 0.2) is 0 Å². The van der Waals surface area contributed by atoms with Crippen LogP contribution in [0.5, 0.6) is 0 Å². The minimum Gasteiger partial charge on any atom is -0.355 e. The molecule has 0 aromatic carbocycles. The third-order valence-electron chi connectivity index (χ3n) is 2.34. The van der Waals surface area contributed by atoms with Crippen molar-refractivity contribution in [3.8, 4) is 0 Å². The van der Waals surface area contributed by atoms with Crippen molar-refractivity contribution in [2.45, 2.75) is 39.2 Å². The highest BCUT2D eigenvalue weighted by Crippen LogP contribution is 2.19. The van der Waals surface area contributed by atoms with Crippen LogP contribution in [0.3, 0.4) is 0 Å². The van der Waals surface area contributed by atoms with Crippen LogP contribution in [0.25, 0.3) is 0 Å². The molecule has 2 nitrogen and oxygen atoms in total. The van der Waals surface area contributed by atoms with Gasteiger partial charge in [0.2, 0.25) is 0 Å². The van der Waals surface area contributed by atoms with Crippen LogP contribution in [0.4, 0.5) is 0 Å². The Morgan fingerprint density at radius 1 is 1.45 bits per heavy atom. The van der Waals surface area contributed by atoms with E-state index in [-0.39, 0.29) is 0 Å². The fourth-order valence-electron chi connectivity index (χ4n) is 1.41. The monoisotopic (exact) mass is 158 g/mol. The molecule has 2 heteroatoms. The Morgan fingerprint density at radius 3 is 2.91 bits per heavy atom. The van der Waals surface area contributed by atoms with Crippen molar-refractivity contribution in [3.63, 3.8) is 0 Å². The summed E-state index contributed by atoms with van der Waals surface area (Å²) in [5.74, 6) is 0.628. The van der Waals surface area contributed by atoms with Gasteiger partial charge in [0.25, 0.3) is 0 Å². The molecule has 0 N–H and O–H groups in total. The van der Waals surface area contributed by atoms with Crippen molar-refractivity contribution in [3.05, 3.63) is 0 Å². The number of hydrogen-bond acceptors (Lipinski definition) is 2. The van der Waals surface area contributed by atoms with E-state index in [1.165, 1.54) is 19.3 Å². The summed E-state index contributed by atoms with van der Waals surface area (Å²) in [6, 6.07) is 0. The Balaban J connectivity index is 2.18. The highest BCUT2D eigenvalue weighted by atomic mass is 16.7. The first kappa shape index (κ1) is 9.01. The Hall–Kier alpha value is -0.0800. The minimum atomic E-state index is 0.398. The van der Waals surface area contributed by atoms with E-state index in [1.54, 1.807) is 0 Å². The largest absolute Gasteiger partial charge is 0.355 e. The predicted molar refractivity (Wildman–Crippen MR) is 44.4 cm³/mol. The molecule has 0 spiro atoms. The molecule has 0 saturated carbocycles. The maximum atomic E-state index is 5.37. The van der Waals surface area contributed by atoms with Crippen molar-refractivity contribution in [1.82, 2.24) is 0 Å². The first-order valence-electron chi connectivity index (χ1n) is 4.54. The SMILES string of the molecule is CCCCC1COCOC1C. The fraction of sp³-hybridized carbons (Fsp3) is 1.00. The van der Waals surface area contributed by atoms with Crippen LogP contribution in [0.2, 0.25) is 0 Å². The maximum absolute atomic E-state index is 5.37. The predicted octanol–water partition coefficient (Wildman–Crippen LogP) is 2.19. The second-order valence-corrected chi connectivity index (χ2v) is 3.26. The molecule has 2 unspecified atom stereocenters. The summed E-state index contributed by atoms with van der Waals surface area (Å²) >= 11 is 0. The zero-order valence-corrected chi connectivity index (χ0v) is 7.51. The normalized spacial score (nSPS) is 32.2. The summed E-state index contributed by atoms with van der Waals surface area (Å²) in [6.07, 6.45) is 4.21. The van der Waals surface area contributed by atoms with Gasteiger partial charge < -0.3 is 9.47 Å². The Bertz CT molecular complexity index is 104. The molecule has 0 amide bonds. The number of rotatable bonds is 3. The highest BCUT2D eigenvalue weighted by molar-refractivity contribution is 4.67. The lowest BCUT2D eigenvalue weighted by atomic mass is 9.97. The van der Waals surface area contributed by atoms with Crippen molar-refractivity contribution in [2.75, 3.05) is 13.4 Å². The molecule has 1 saturated heterocycles. The van der Waals surface area contributed by atoms with Gasteiger partial charge in [0, 0.05) is 5.92 Å². The lowest BCUT2D eigenvalue weighted by Gasteiger charge is -2.28. The van der Waals surface area contributed by atoms with Crippen LogP contribution in [0.15, 0.2) is 0 Å². The first-order valence-corrected chi connectivity index (χ1v) is 4.54. The van der Waals surface area contributed by atoms with Gasteiger partial charge >= 0.3 is 0 Å². The van der Waals surface area contributed by atoms with Gasteiger partial charge in [-0.05, 0) is 13.3 Å². The van der Waals surface area contributed by atoms with Gasteiger partial charge in [-0.2, -0.15) is 0 Å². The molecule has 1 aliphatic rings. The van der Waals surface area contributed by atoms with Gasteiger partial charge in [0.1, 0.15) is 6.79 Å². The average Bonchev–Trinajstić information content (AvgIpc) is 2.03. The molecular formula is C9H18O2. The molecule has 1 fully saturated rings. The van der Waals surface area contributed by atoms with E-state index in [9.17, 15) is 0 Å². The number of ether oxygens (including phenoxy) is 2. The molecule has 0 aromatic rings. The van der Waals surface area contributed by atoms with E-state index in [2.05, 4.69) is 13.8 Å². The van der Waals surface area contributed by atoms with E-state index in [0.717, 1.165) is 6.61 Å². The van der Waals surface area contributed by atoms with Crippen molar-refractivity contribution >= 4 is 0 Å². The van der Waals surface area contributed by atoms with Crippen LogP contribution < -0.4 is 0 Å². The summed E-state index contributed by atoms with van der Waals surface area (Å²) < 4.78 is 10.6. The van der Waals surface area contributed by atoms with Crippen LogP contribution in [-0.4, -0.2) is 19.5 Å². The smallest absolute Gasteiger partial charge is 0.147 e. The molecule has 0 aromatic heterocycles. The highest BCUT2D eigenvalue weighted by Gasteiger charge is 2.21. The molecule has 11 heavy (non-hydrogen) atoms. The van der Waals surface area contributed by atoms with Crippen molar-refractivity contribution in [1.29, 1.82) is 0 Å². The fourth-order valence-corrected chi connectivity index (χ4v) is 1.41. The summed E-state index contributed by atoms with van der Waals surface area (Å²) in [4.78, 5) is 0. The van der Waals surface area contributed by atoms with Crippen LogP contribution in [0, 0.1) is 5.92 Å². The van der Waals surface area contributed by atoms with Crippen molar-refractivity contribution < 1.29 is 9.47 Å². The quantitative estimate of drug-likeness (QED) is 0.626. The second-order valence-electron chi connectivity index (χ2n) is 3.26. The molecule has 0 aliphatic carbocycles. The average molecular weight is 158 g/mol. The second kappa shape index (κ2) is 4.73. The van der Waals surface area contributed by atoms with Crippen LogP contribution in [0.1, 0.15) is 33.1 Å². The van der Waals surface area contributed by atoms with E-state index in [1.807, 2.05) is 0 Å².